The van der Waals surface area contributed by atoms with Gasteiger partial charge in [0.05, 0.1) is 6.10 Å². The van der Waals surface area contributed by atoms with Crippen LogP contribution in [-0.2, 0) is 6.54 Å². The van der Waals surface area contributed by atoms with Gasteiger partial charge in [-0.1, -0.05) is 0 Å². The summed E-state index contributed by atoms with van der Waals surface area (Å²) in [6.45, 7) is 8.68. The van der Waals surface area contributed by atoms with Crippen LogP contribution < -0.4 is 10.6 Å². The molecule has 0 aromatic carbocycles. The number of aryl methyl sites for hydroxylation is 1. The van der Waals surface area contributed by atoms with Gasteiger partial charge in [0.1, 0.15) is 0 Å². The first kappa shape index (κ1) is 18.7. The molecule has 1 saturated heterocycles. The molecule has 7 nitrogen and oxygen atoms in total. The molecular weight excluding hydrogens is 304 g/mol. The molecule has 0 atom stereocenters. The van der Waals surface area contributed by atoms with Gasteiger partial charge in [0, 0.05) is 51.7 Å². The predicted octanol–water partition coefficient (Wildman–Crippen LogP) is 0.675. The van der Waals surface area contributed by atoms with Gasteiger partial charge in [-0.05, 0) is 45.2 Å². The Kier molecular flexibility index (Phi) is 8.62. The van der Waals surface area contributed by atoms with Crippen LogP contribution in [0.5, 0.6) is 0 Å². The third kappa shape index (κ3) is 7.31. The van der Waals surface area contributed by atoms with Crippen LogP contribution in [0.1, 0.15) is 32.6 Å². The quantitative estimate of drug-likeness (QED) is 0.351. The summed E-state index contributed by atoms with van der Waals surface area (Å²) in [5.74, 6) is 0.895. The minimum Gasteiger partial charge on any atom is -0.393 e. The fourth-order valence-corrected chi connectivity index (χ4v) is 2.85. The van der Waals surface area contributed by atoms with Crippen molar-refractivity contribution in [2.24, 2.45) is 4.99 Å². The molecule has 0 bridgehead atoms. The number of likely N-dealkylation sites (tertiary alicyclic amines) is 1. The van der Waals surface area contributed by atoms with Crippen LogP contribution in [0.3, 0.4) is 0 Å². The van der Waals surface area contributed by atoms with Gasteiger partial charge in [-0.15, -0.1) is 0 Å². The predicted molar refractivity (Wildman–Crippen MR) is 97.1 cm³/mol. The third-order valence-electron chi connectivity index (χ3n) is 4.22. The molecule has 1 aliphatic rings. The summed E-state index contributed by atoms with van der Waals surface area (Å²) in [6, 6.07) is 1.94. The number of piperidine rings is 1. The minimum atomic E-state index is -0.0893. The lowest BCUT2D eigenvalue weighted by Gasteiger charge is -2.29. The molecule has 1 aromatic heterocycles. The molecule has 1 fully saturated rings. The second-order valence-corrected chi connectivity index (χ2v) is 6.24. The van der Waals surface area contributed by atoms with Crippen molar-refractivity contribution in [3.8, 4) is 0 Å². The molecule has 0 radical (unpaired) electrons. The highest BCUT2D eigenvalue weighted by Gasteiger charge is 2.15. The summed E-state index contributed by atoms with van der Waals surface area (Å²) in [6.07, 6.45) is 7.59. The van der Waals surface area contributed by atoms with Crippen molar-refractivity contribution >= 4 is 5.96 Å². The van der Waals surface area contributed by atoms with Crippen LogP contribution in [0, 0.1) is 0 Å². The first-order chi connectivity index (χ1) is 11.8. The SMILES string of the molecule is CCNC(=NCCCn1cccn1)NCCCN1CCC(O)CC1. The maximum Gasteiger partial charge on any atom is 0.191 e. The average molecular weight is 336 g/mol. The molecule has 2 heterocycles. The summed E-state index contributed by atoms with van der Waals surface area (Å²) in [7, 11) is 0. The smallest absolute Gasteiger partial charge is 0.191 e. The lowest BCUT2D eigenvalue weighted by atomic mass is 10.1. The summed E-state index contributed by atoms with van der Waals surface area (Å²) in [4.78, 5) is 7.05. The number of hydrogen-bond acceptors (Lipinski definition) is 4. The highest BCUT2D eigenvalue weighted by molar-refractivity contribution is 5.79. The lowest BCUT2D eigenvalue weighted by molar-refractivity contribution is 0.0823. The van der Waals surface area contributed by atoms with Crippen molar-refractivity contribution in [3.63, 3.8) is 0 Å². The maximum absolute atomic E-state index is 9.53. The maximum atomic E-state index is 9.53. The summed E-state index contributed by atoms with van der Waals surface area (Å²) < 4.78 is 1.94. The molecule has 1 aliphatic heterocycles. The standard InChI is InChI=1S/C17H32N6O/c1-2-18-17(20-9-4-12-23-13-5-10-21-23)19-8-3-11-22-14-6-16(24)7-15-22/h5,10,13,16,24H,2-4,6-9,11-12,14-15H2,1H3,(H2,18,19,20). The fourth-order valence-electron chi connectivity index (χ4n) is 2.85. The Morgan fingerprint density at radius 2 is 2.08 bits per heavy atom. The molecular formula is C17H32N6O. The van der Waals surface area contributed by atoms with E-state index >= 15 is 0 Å². The Morgan fingerprint density at radius 1 is 1.25 bits per heavy atom. The average Bonchev–Trinajstić information content (AvgIpc) is 3.10. The van der Waals surface area contributed by atoms with Gasteiger partial charge < -0.3 is 20.6 Å². The van der Waals surface area contributed by atoms with Gasteiger partial charge in [-0.25, -0.2) is 0 Å². The van der Waals surface area contributed by atoms with Crippen molar-refractivity contribution in [3.05, 3.63) is 18.5 Å². The van der Waals surface area contributed by atoms with Crippen LogP contribution in [0.4, 0.5) is 0 Å². The summed E-state index contributed by atoms with van der Waals surface area (Å²) in [5, 5.41) is 20.4. The molecule has 136 valence electrons. The fraction of sp³-hybridized carbons (Fsp3) is 0.765. The van der Waals surface area contributed by atoms with Crippen LogP contribution in [0.2, 0.25) is 0 Å². The Balaban J connectivity index is 1.58. The zero-order chi connectivity index (χ0) is 17.0. The van der Waals surface area contributed by atoms with Crippen LogP contribution >= 0.6 is 0 Å². The van der Waals surface area contributed by atoms with Crippen molar-refractivity contribution in [2.45, 2.75) is 45.3 Å². The van der Waals surface area contributed by atoms with Gasteiger partial charge in [0.25, 0.3) is 0 Å². The van der Waals surface area contributed by atoms with Gasteiger partial charge in [-0.3, -0.25) is 9.67 Å². The summed E-state index contributed by atoms with van der Waals surface area (Å²) >= 11 is 0. The Morgan fingerprint density at radius 3 is 2.79 bits per heavy atom. The lowest BCUT2D eigenvalue weighted by Crippen LogP contribution is -2.40. The van der Waals surface area contributed by atoms with E-state index in [2.05, 4.69) is 32.5 Å². The van der Waals surface area contributed by atoms with E-state index in [9.17, 15) is 5.11 Å². The molecule has 2 rings (SSSR count). The van der Waals surface area contributed by atoms with E-state index in [-0.39, 0.29) is 6.10 Å². The molecule has 3 N–H and O–H groups in total. The Bertz CT molecular complexity index is 454. The number of aromatic nitrogens is 2. The van der Waals surface area contributed by atoms with E-state index < -0.39 is 0 Å². The zero-order valence-corrected chi connectivity index (χ0v) is 14.8. The molecule has 0 aliphatic carbocycles. The number of guanidine groups is 1. The number of aliphatic hydroxyl groups excluding tert-OH is 1. The first-order valence-corrected chi connectivity index (χ1v) is 9.18. The van der Waals surface area contributed by atoms with E-state index in [1.54, 1.807) is 6.20 Å². The van der Waals surface area contributed by atoms with Crippen molar-refractivity contribution in [2.75, 3.05) is 39.3 Å². The van der Waals surface area contributed by atoms with E-state index in [4.69, 9.17) is 0 Å². The summed E-state index contributed by atoms with van der Waals surface area (Å²) in [5.41, 5.74) is 0. The molecule has 24 heavy (non-hydrogen) atoms. The number of aliphatic imine (C=N–C) groups is 1. The number of hydrogen-bond donors (Lipinski definition) is 3. The topological polar surface area (TPSA) is 77.7 Å². The van der Waals surface area contributed by atoms with Crippen molar-refractivity contribution in [1.82, 2.24) is 25.3 Å². The third-order valence-corrected chi connectivity index (χ3v) is 4.22. The van der Waals surface area contributed by atoms with Gasteiger partial charge in [0.15, 0.2) is 5.96 Å². The minimum absolute atomic E-state index is 0.0893. The van der Waals surface area contributed by atoms with Crippen molar-refractivity contribution in [1.29, 1.82) is 0 Å². The Labute approximate surface area is 145 Å². The molecule has 0 spiro atoms. The highest BCUT2D eigenvalue weighted by Crippen LogP contribution is 2.09. The number of nitrogens with zero attached hydrogens (tertiary/aromatic N) is 4. The van der Waals surface area contributed by atoms with E-state index in [0.29, 0.717) is 0 Å². The second kappa shape index (κ2) is 11.0. The zero-order valence-electron chi connectivity index (χ0n) is 14.8. The number of aliphatic hydroxyl groups is 1. The highest BCUT2D eigenvalue weighted by atomic mass is 16.3. The van der Waals surface area contributed by atoms with Gasteiger partial charge >= 0.3 is 0 Å². The second-order valence-electron chi connectivity index (χ2n) is 6.24. The molecule has 7 heteroatoms. The first-order valence-electron chi connectivity index (χ1n) is 9.18. The largest absolute Gasteiger partial charge is 0.393 e. The van der Waals surface area contributed by atoms with E-state index in [0.717, 1.165) is 77.5 Å². The van der Waals surface area contributed by atoms with Crippen LogP contribution in [0.15, 0.2) is 23.5 Å². The van der Waals surface area contributed by atoms with Gasteiger partial charge in [-0.2, -0.15) is 5.10 Å². The van der Waals surface area contributed by atoms with E-state index in [1.807, 2.05) is 16.9 Å². The molecule has 0 amide bonds. The van der Waals surface area contributed by atoms with Crippen molar-refractivity contribution < 1.29 is 5.11 Å². The Hall–Kier alpha value is -1.60. The molecule has 1 aromatic rings. The normalized spacial score (nSPS) is 17.2. The number of nitrogens with one attached hydrogen (secondary N) is 2. The van der Waals surface area contributed by atoms with E-state index in [1.165, 1.54) is 0 Å². The number of rotatable bonds is 9. The monoisotopic (exact) mass is 336 g/mol. The molecule has 0 saturated carbocycles. The van der Waals surface area contributed by atoms with Gasteiger partial charge in [0.2, 0.25) is 0 Å². The van der Waals surface area contributed by atoms with Crippen LogP contribution in [-0.4, -0.2) is 71.1 Å². The van der Waals surface area contributed by atoms with Crippen LogP contribution in [0.25, 0.3) is 0 Å². The molecule has 0 unspecified atom stereocenters.